The van der Waals surface area contributed by atoms with Gasteiger partial charge in [-0.05, 0) is 50.2 Å². The van der Waals surface area contributed by atoms with Crippen molar-refractivity contribution in [3.63, 3.8) is 0 Å². The molecule has 0 aromatic rings. The Morgan fingerprint density at radius 3 is 2.38 bits per heavy atom. The highest BCUT2D eigenvalue weighted by Gasteiger charge is 2.39. The first-order valence-electron chi connectivity index (χ1n) is 5.20. The van der Waals surface area contributed by atoms with E-state index < -0.39 is 0 Å². The van der Waals surface area contributed by atoms with Crippen molar-refractivity contribution in [1.29, 1.82) is 0 Å². The average molecular weight is 200 g/mol. The average Bonchev–Trinajstić information content (AvgIpc) is 2.64. The van der Waals surface area contributed by atoms with E-state index in [1.807, 2.05) is 13.8 Å². The van der Waals surface area contributed by atoms with Gasteiger partial charge in [-0.2, -0.15) is 0 Å². The van der Waals surface area contributed by atoms with E-state index in [9.17, 15) is 0 Å². The van der Waals surface area contributed by atoms with Gasteiger partial charge in [0, 0.05) is 6.42 Å². The maximum absolute atomic E-state index is 5.46. The Morgan fingerprint density at radius 2 is 2.00 bits per heavy atom. The fourth-order valence-electron chi connectivity index (χ4n) is 1.85. The zero-order valence-electron chi connectivity index (χ0n) is 9.04. The molecule has 1 nitrogen and oxygen atoms in total. The van der Waals surface area contributed by atoms with E-state index >= 15 is 0 Å². The molecule has 0 spiro atoms. The van der Waals surface area contributed by atoms with E-state index in [0.717, 1.165) is 29.2 Å². The molecule has 0 saturated heterocycles. The fraction of sp³-hybridized carbons (Fsp3) is 0.909. The van der Waals surface area contributed by atoms with Gasteiger partial charge in [0.15, 0.2) is 5.05 Å². The molecule has 0 aromatic carbocycles. The molecule has 0 aromatic heterocycles. The van der Waals surface area contributed by atoms with Crippen molar-refractivity contribution in [2.75, 3.05) is 0 Å². The number of hydrogen-bond donors (Lipinski definition) is 0. The Bertz CT molecular complexity index is 187. The highest BCUT2D eigenvalue weighted by atomic mass is 32.1. The van der Waals surface area contributed by atoms with E-state index in [4.69, 9.17) is 17.0 Å². The molecule has 0 bridgehead atoms. The van der Waals surface area contributed by atoms with Crippen molar-refractivity contribution in [2.45, 2.75) is 46.6 Å². The number of hydrogen-bond acceptors (Lipinski definition) is 2. The second kappa shape index (κ2) is 4.41. The molecule has 0 radical (unpaired) electrons. The zero-order valence-corrected chi connectivity index (χ0v) is 9.86. The van der Waals surface area contributed by atoms with Crippen LogP contribution in [0.1, 0.15) is 40.5 Å². The van der Waals surface area contributed by atoms with Crippen molar-refractivity contribution in [3.8, 4) is 0 Å². The maximum Gasteiger partial charge on any atom is 0.160 e. The van der Waals surface area contributed by atoms with Gasteiger partial charge < -0.3 is 4.74 Å². The third-order valence-corrected chi connectivity index (χ3v) is 2.89. The molecule has 1 aliphatic carbocycles. The lowest BCUT2D eigenvalue weighted by atomic mass is 10.1. The SMILES string of the molecule is CC(C)OC(=S)CC1CC1C(C)C. The summed E-state index contributed by atoms with van der Waals surface area (Å²) in [6.45, 7) is 8.63. The monoisotopic (exact) mass is 200 g/mol. The Hall–Kier alpha value is -0.110. The van der Waals surface area contributed by atoms with Gasteiger partial charge in [-0.15, -0.1) is 0 Å². The smallest absolute Gasteiger partial charge is 0.160 e. The summed E-state index contributed by atoms with van der Waals surface area (Å²) in [7, 11) is 0. The molecule has 1 saturated carbocycles. The van der Waals surface area contributed by atoms with Crippen LogP contribution >= 0.6 is 12.2 Å². The lowest BCUT2D eigenvalue weighted by Crippen LogP contribution is -2.10. The Kier molecular flexibility index (Phi) is 3.72. The lowest BCUT2D eigenvalue weighted by molar-refractivity contribution is 0.227. The van der Waals surface area contributed by atoms with E-state index in [-0.39, 0.29) is 6.10 Å². The molecule has 2 unspecified atom stereocenters. The summed E-state index contributed by atoms with van der Waals surface area (Å²) < 4.78 is 5.46. The van der Waals surface area contributed by atoms with Gasteiger partial charge in [0.05, 0.1) is 6.10 Å². The topological polar surface area (TPSA) is 9.23 Å². The van der Waals surface area contributed by atoms with Crippen molar-refractivity contribution in [2.24, 2.45) is 17.8 Å². The highest BCUT2D eigenvalue weighted by molar-refractivity contribution is 7.80. The standard InChI is InChI=1S/C11H20OS/c1-7(2)10-5-9(10)6-11(13)12-8(3)4/h7-10H,5-6H2,1-4H3. The molecule has 0 N–H and O–H groups in total. The second-order valence-electron chi connectivity index (χ2n) is 4.65. The fourth-order valence-corrected chi connectivity index (χ4v) is 2.25. The minimum absolute atomic E-state index is 0.240. The van der Waals surface area contributed by atoms with Crippen LogP contribution in [0.5, 0.6) is 0 Å². The molecule has 0 heterocycles. The largest absolute Gasteiger partial charge is 0.484 e. The first kappa shape index (κ1) is 11.0. The first-order chi connectivity index (χ1) is 6.00. The quantitative estimate of drug-likeness (QED) is 0.643. The van der Waals surface area contributed by atoms with Crippen molar-refractivity contribution in [3.05, 3.63) is 0 Å². The summed E-state index contributed by atoms with van der Waals surface area (Å²) in [4.78, 5) is 0. The van der Waals surface area contributed by atoms with Crippen LogP contribution < -0.4 is 0 Å². The van der Waals surface area contributed by atoms with Crippen LogP contribution in [-0.2, 0) is 4.74 Å². The molecule has 2 atom stereocenters. The highest BCUT2D eigenvalue weighted by Crippen LogP contribution is 2.46. The van der Waals surface area contributed by atoms with Crippen LogP contribution in [0.3, 0.4) is 0 Å². The Labute approximate surface area is 86.9 Å². The predicted molar refractivity (Wildman–Crippen MR) is 59.9 cm³/mol. The van der Waals surface area contributed by atoms with Gasteiger partial charge in [0.25, 0.3) is 0 Å². The summed E-state index contributed by atoms with van der Waals surface area (Å²) in [5.74, 6) is 2.52. The molecular weight excluding hydrogens is 180 g/mol. The van der Waals surface area contributed by atoms with E-state index in [1.165, 1.54) is 6.42 Å². The molecule has 2 heteroatoms. The van der Waals surface area contributed by atoms with Crippen LogP contribution in [0.4, 0.5) is 0 Å². The van der Waals surface area contributed by atoms with Crippen molar-refractivity contribution >= 4 is 17.3 Å². The molecule has 0 amide bonds. The molecule has 1 rings (SSSR count). The van der Waals surface area contributed by atoms with E-state index in [0.29, 0.717) is 0 Å². The summed E-state index contributed by atoms with van der Waals surface area (Å²) in [6.07, 6.45) is 2.58. The van der Waals surface area contributed by atoms with Gasteiger partial charge in [-0.3, -0.25) is 0 Å². The molecule has 0 aliphatic heterocycles. The summed E-state index contributed by atoms with van der Waals surface area (Å²) in [5.41, 5.74) is 0. The van der Waals surface area contributed by atoms with Gasteiger partial charge in [-0.1, -0.05) is 13.8 Å². The van der Waals surface area contributed by atoms with Crippen molar-refractivity contribution in [1.82, 2.24) is 0 Å². The molecule has 1 fully saturated rings. The number of thiocarbonyl (C=S) groups is 1. The van der Waals surface area contributed by atoms with E-state index in [2.05, 4.69) is 13.8 Å². The lowest BCUT2D eigenvalue weighted by Gasteiger charge is -2.10. The van der Waals surface area contributed by atoms with Gasteiger partial charge in [0.1, 0.15) is 0 Å². The Morgan fingerprint density at radius 1 is 1.38 bits per heavy atom. The Balaban J connectivity index is 2.17. The predicted octanol–water partition coefficient (Wildman–Crippen LogP) is 3.42. The van der Waals surface area contributed by atoms with Crippen LogP contribution in [-0.4, -0.2) is 11.2 Å². The molecular formula is C11H20OS. The second-order valence-corrected chi connectivity index (χ2v) is 5.10. The third kappa shape index (κ3) is 3.63. The maximum atomic E-state index is 5.46. The number of rotatable bonds is 4. The van der Waals surface area contributed by atoms with Crippen LogP contribution in [0, 0.1) is 17.8 Å². The molecule has 76 valence electrons. The van der Waals surface area contributed by atoms with Gasteiger partial charge >= 0.3 is 0 Å². The number of ether oxygens (including phenoxy) is 1. The minimum Gasteiger partial charge on any atom is -0.484 e. The summed E-state index contributed by atoms with van der Waals surface area (Å²) in [6, 6.07) is 0. The molecule has 13 heavy (non-hydrogen) atoms. The third-order valence-electron chi connectivity index (χ3n) is 2.63. The van der Waals surface area contributed by atoms with Gasteiger partial charge in [0.2, 0.25) is 0 Å². The zero-order chi connectivity index (χ0) is 10.0. The first-order valence-corrected chi connectivity index (χ1v) is 5.61. The van der Waals surface area contributed by atoms with Crippen LogP contribution in [0.25, 0.3) is 0 Å². The molecule has 1 aliphatic rings. The van der Waals surface area contributed by atoms with Crippen LogP contribution in [0.2, 0.25) is 0 Å². The van der Waals surface area contributed by atoms with Gasteiger partial charge in [-0.25, -0.2) is 0 Å². The summed E-state index contributed by atoms with van der Waals surface area (Å²) >= 11 is 5.16. The van der Waals surface area contributed by atoms with Crippen LogP contribution in [0.15, 0.2) is 0 Å². The summed E-state index contributed by atoms with van der Waals surface area (Å²) in [5, 5.41) is 0.808. The van der Waals surface area contributed by atoms with Crippen molar-refractivity contribution < 1.29 is 4.74 Å². The normalized spacial score (nSPS) is 26.6. The minimum atomic E-state index is 0.240. The van der Waals surface area contributed by atoms with E-state index in [1.54, 1.807) is 0 Å².